The minimum Gasteiger partial charge on any atom is -0.468 e. The van der Waals surface area contributed by atoms with Gasteiger partial charge in [0.05, 0.1) is 13.0 Å². The Morgan fingerprint density at radius 2 is 1.81 bits per heavy atom. The molecule has 3 amide bonds. The zero-order valence-electron chi connectivity index (χ0n) is 15.5. The lowest BCUT2D eigenvalue weighted by Crippen LogP contribution is -2.47. The number of amides is 3. The third-order valence-electron chi connectivity index (χ3n) is 6.00. The fourth-order valence-electron chi connectivity index (χ4n) is 4.41. The van der Waals surface area contributed by atoms with E-state index in [0.29, 0.717) is 26.3 Å². The van der Waals surface area contributed by atoms with Crippen LogP contribution in [0.15, 0.2) is 0 Å². The Balaban J connectivity index is 1.70. The molecule has 1 spiro atoms. The van der Waals surface area contributed by atoms with Gasteiger partial charge in [0.15, 0.2) is 0 Å². The van der Waals surface area contributed by atoms with Gasteiger partial charge in [-0.25, -0.2) is 4.79 Å². The highest BCUT2D eigenvalue weighted by atomic mass is 16.5. The van der Waals surface area contributed by atoms with E-state index in [1.165, 1.54) is 13.5 Å². The SMILES string of the molecule is COC(=O)CNC(=O)N1C[C@@H](C(=O)N2CCCCC2)C2(CCOCC2)C1. The maximum atomic E-state index is 13.2. The van der Waals surface area contributed by atoms with Gasteiger partial charge in [0.1, 0.15) is 6.54 Å². The molecule has 3 heterocycles. The number of hydrogen-bond acceptors (Lipinski definition) is 5. The summed E-state index contributed by atoms with van der Waals surface area (Å²) in [6.45, 7) is 3.67. The Hall–Kier alpha value is -1.83. The minimum absolute atomic E-state index is 0.160. The van der Waals surface area contributed by atoms with Crippen LogP contribution in [0.2, 0.25) is 0 Å². The number of hydrogen-bond donors (Lipinski definition) is 1. The Morgan fingerprint density at radius 3 is 2.46 bits per heavy atom. The molecule has 26 heavy (non-hydrogen) atoms. The van der Waals surface area contributed by atoms with Crippen LogP contribution >= 0.6 is 0 Å². The second-order valence-electron chi connectivity index (χ2n) is 7.53. The van der Waals surface area contributed by atoms with Gasteiger partial charge in [-0.1, -0.05) is 0 Å². The molecule has 0 bridgehead atoms. The van der Waals surface area contributed by atoms with E-state index in [2.05, 4.69) is 10.1 Å². The van der Waals surface area contributed by atoms with Crippen molar-refractivity contribution in [3.63, 3.8) is 0 Å². The summed E-state index contributed by atoms with van der Waals surface area (Å²) in [5.41, 5.74) is -0.213. The second kappa shape index (κ2) is 8.24. The van der Waals surface area contributed by atoms with E-state index in [1.54, 1.807) is 4.90 Å². The van der Waals surface area contributed by atoms with Gasteiger partial charge in [-0.2, -0.15) is 0 Å². The van der Waals surface area contributed by atoms with Crippen molar-refractivity contribution in [2.45, 2.75) is 32.1 Å². The zero-order chi connectivity index (χ0) is 18.6. The summed E-state index contributed by atoms with van der Waals surface area (Å²) in [6, 6.07) is -0.310. The highest BCUT2D eigenvalue weighted by Gasteiger charge is 2.52. The number of nitrogens with zero attached hydrogens (tertiary/aromatic N) is 2. The number of rotatable bonds is 3. The van der Waals surface area contributed by atoms with E-state index in [9.17, 15) is 14.4 Å². The molecule has 3 fully saturated rings. The smallest absolute Gasteiger partial charge is 0.325 e. The first-order chi connectivity index (χ1) is 12.6. The number of carbonyl (C=O) groups excluding carboxylic acids is 3. The molecule has 0 aliphatic carbocycles. The van der Waals surface area contributed by atoms with Crippen LogP contribution < -0.4 is 5.32 Å². The van der Waals surface area contributed by atoms with Crippen LogP contribution in [0.3, 0.4) is 0 Å². The molecule has 0 aromatic rings. The molecule has 8 heteroatoms. The van der Waals surface area contributed by atoms with Crippen LogP contribution in [0.5, 0.6) is 0 Å². The van der Waals surface area contributed by atoms with Crippen LogP contribution in [0.4, 0.5) is 4.79 Å². The van der Waals surface area contributed by atoms with E-state index >= 15 is 0 Å². The molecule has 0 aromatic heterocycles. The van der Waals surface area contributed by atoms with Crippen molar-refractivity contribution < 1.29 is 23.9 Å². The Bertz CT molecular complexity index is 541. The van der Waals surface area contributed by atoms with Crippen molar-refractivity contribution in [2.24, 2.45) is 11.3 Å². The molecule has 8 nitrogen and oxygen atoms in total. The van der Waals surface area contributed by atoms with E-state index in [4.69, 9.17) is 4.74 Å². The first kappa shape index (κ1) is 18.9. The molecule has 0 radical (unpaired) electrons. The summed E-state index contributed by atoms with van der Waals surface area (Å²) in [5.74, 6) is -0.498. The Labute approximate surface area is 154 Å². The average molecular weight is 367 g/mol. The van der Waals surface area contributed by atoms with Crippen LogP contribution in [0.25, 0.3) is 0 Å². The molecule has 0 saturated carbocycles. The fraction of sp³-hybridized carbons (Fsp3) is 0.833. The summed E-state index contributed by atoms with van der Waals surface area (Å²) in [7, 11) is 1.29. The zero-order valence-corrected chi connectivity index (χ0v) is 15.5. The third kappa shape index (κ3) is 3.95. The Kier molecular flexibility index (Phi) is 6.01. The number of methoxy groups -OCH3 is 1. The largest absolute Gasteiger partial charge is 0.468 e. The lowest BCUT2D eigenvalue weighted by Gasteiger charge is -2.39. The first-order valence-corrected chi connectivity index (χ1v) is 9.52. The van der Waals surface area contributed by atoms with Crippen LogP contribution in [-0.2, 0) is 19.1 Å². The summed E-state index contributed by atoms with van der Waals surface area (Å²) < 4.78 is 10.1. The molecule has 3 rings (SSSR count). The highest BCUT2D eigenvalue weighted by molar-refractivity contribution is 5.84. The van der Waals surface area contributed by atoms with E-state index in [-0.39, 0.29) is 29.8 Å². The summed E-state index contributed by atoms with van der Waals surface area (Å²) >= 11 is 0. The van der Waals surface area contributed by atoms with Crippen LogP contribution in [-0.4, -0.2) is 80.8 Å². The second-order valence-corrected chi connectivity index (χ2v) is 7.53. The molecule has 3 aliphatic rings. The van der Waals surface area contributed by atoms with Crippen LogP contribution in [0, 0.1) is 11.3 Å². The van der Waals surface area contributed by atoms with Crippen molar-refractivity contribution in [3.05, 3.63) is 0 Å². The molecule has 0 aromatic carbocycles. The number of esters is 1. The number of piperidine rings is 1. The lowest BCUT2D eigenvalue weighted by molar-refractivity contribution is -0.141. The number of carbonyl (C=O) groups is 3. The van der Waals surface area contributed by atoms with Gasteiger partial charge in [-0.15, -0.1) is 0 Å². The molecular formula is C18H29N3O5. The summed E-state index contributed by atoms with van der Waals surface area (Å²) in [4.78, 5) is 40.6. The molecule has 1 N–H and O–H groups in total. The van der Waals surface area contributed by atoms with Crippen LogP contribution in [0.1, 0.15) is 32.1 Å². The maximum absolute atomic E-state index is 13.2. The van der Waals surface area contributed by atoms with Gasteiger partial charge >= 0.3 is 12.0 Å². The minimum atomic E-state index is -0.487. The highest BCUT2D eigenvalue weighted by Crippen LogP contribution is 2.45. The normalized spacial score (nSPS) is 25.2. The molecular weight excluding hydrogens is 338 g/mol. The maximum Gasteiger partial charge on any atom is 0.325 e. The van der Waals surface area contributed by atoms with Gasteiger partial charge in [-0.05, 0) is 32.1 Å². The van der Waals surface area contributed by atoms with Crippen molar-refractivity contribution in [1.82, 2.24) is 15.1 Å². The first-order valence-electron chi connectivity index (χ1n) is 9.52. The summed E-state index contributed by atoms with van der Waals surface area (Å²) in [5, 5.41) is 2.59. The summed E-state index contributed by atoms with van der Waals surface area (Å²) in [6.07, 6.45) is 4.86. The number of ether oxygens (including phenoxy) is 2. The quantitative estimate of drug-likeness (QED) is 0.739. The monoisotopic (exact) mass is 367 g/mol. The van der Waals surface area contributed by atoms with Gasteiger partial charge in [0.25, 0.3) is 0 Å². The van der Waals surface area contributed by atoms with Gasteiger partial charge in [-0.3, -0.25) is 9.59 Å². The topological polar surface area (TPSA) is 88.2 Å². The van der Waals surface area contributed by atoms with Gasteiger partial charge in [0.2, 0.25) is 5.91 Å². The number of likely N-dealkylation sites (tertiary alicyclic amines) is 2. The van der Waals surface area contributed by atoms with Crippen molar-refractivity contribution in [1.29, 1.82) is 0 Å². The van der Waals surface area contributed by atoms with E-state index < -0.39 is 5.97 Å². The average Bonchev–Trinajstić information content (AvgIpc) is 3.05. The van der Waals surface area contributed by atoms with E-state index in [1.807, 2.05) is 4.90 Å². The molecule has 3 aliphatic heterocycles. The molecule has 3 saturated heterocycles. The van der Waals surface area contributed by atoms with Crippen molar-refractivity contribution >= 4 is 17.9 Å². The predicted molar refractivity (Wildman–Crippen MR) is 93.4 cm³/mol. The Morgan fingerprint density at radius 1 is 1.12 bits per heavy atom. The van der Waals surface area contributed by atoms with E-state index in [0.717, 1.165) is 38.8 Å². The molecule has 146 valence electrons. The molecule has 1 atom stereocenters. The standard InChI is InChI=1S/C18H29N3O5/c1-25-15(22)11-19-17(24)21-12-14(16(23)20-7-3-2-4-8-20)18(13-21)5-9-26-10-6-18/h14H,2-13H2,1H3,(H,19,24)/t14-/m0/s1. The number of urea groups is 1. The van der Waals surface area contributed by atoms with Crippen molar-refractivity contribution in [3.8, 4) is 0 Å². The van der Waals surface area contributed by atoms with Crippen molar-refractivity contribution in [2.75, 3.05) is 53.0 Å². The predicted octanol–water partition coefficient (Wildman–Crippen LogP) is 0.610. The number of nitrogens with one attached hydrogen (secondary N) is 1. The molecule has 0 unspecified atom stereocenters. The lowest BCUT2D eigenvalue weighted by atomic mass is 9.71. The van der Waals surface area contributed by atoms with Gasteiger partial charge in [0, 0.05) is 44.8 Å². The third-order valence-corrected chi connectivity index (χ3v) is 6.00. The fourth-order valence-corrected chi connectivity index (χ4v) is 4.41. The van der Waals surface area contributed by atoms with Gasteiger partial charge < -0.3 is 24.6 Å².